The van der Waals surface area contributed by atoms with Crippen LogP contribution in [0.25, 0.3) is 33.6 Å². The highest BCUT2D eigenvalue weighted by atomic mass is 16.3. The van der Waals surface area contributed by atoms with E-state index in [0.29, 0.717) is 5.92 Å². The Morgan fingerprint density at radius 2 is 1.68 bits per heavy atom. The van der Waals surface area contributed by atoms with Crippen LogP contribution in [0.4, 0.5) is 0 Å². The van der Waals surface area contributed by atoms with E-state index >= 15 is 0 Å². The second-order valence-electron chi connectivity index (χ2n) is 9.08. The Hall–Kier alpha value is -2.74. The lowest BCUT2D eigenvalue weighted by Gasteiger charge is -2.19. The van der Waals surface area contributed by atoms with Crippen LogP contribution in [0.1, 0.15) is 63.8 Å². The molecule has 0 saturated carbocycles. The van der Waals surface area contributed by atoms with Gasteiger partial charge >= 0.3 is 0 Å². The van der Waals surface area contributed by atoms with E-state index in [1.807, 2.05) is 12.1 Å². The van der Waals surface area contributed by atoms with Gasteiger partial charge in [-0.25, -0.2) is 0 Å². The van der Waals surface area contributed by atoms with Crippen molar-refractivity contribution in [2.45, 2.75) is 52.4 Å². The molecule has 1 atom stereocenters. The molecule has 2 heteroatoms. The zero-order chi connectivity index (χ0) is 19.6. The fraction of sp³-hybridized carbons (Fsp3) is 0.308. The van der Waals surface area contributed by atoms with E-state index in [1.54, 1.807) is 0 Å². The van der Waals surface area contributed by atoms with Gasteiger partial charge in [-0.2, -0.15) is 0 Å². The lowest BCUT2D eigenvalue weighted by molar-refractivity contribution is 0.538. The maximum atomic E-state index is 6.61. The van der Waals surface area contributed by atoms with E-state index in [1.165, 1.54) is 27.1 Å². The van der Waals surface area contributed by atoms with Gasteiger partial charge in [-0.15, -0.1) is 0 Å². The standard InChI is InChI=1S/C26H26O2/c1-15-13-14-18-17-9-6-7-12-21(17)27-23(18)16(2)24-22(15)19-10-8-11-20(25(19)28-24)26(3,4)5/h6-12,14-15H,13H2,1-5H3/b18-14-,23-16-. The van der Waals surface area contributed by atoms with Crippen LogP contribution in [-0.4, -0.2) is 0 Å². The first-order valence-electron chi connectivity index (χ1n) is 10.1. The van der Waals surface area contributed by atoms with Crippen LogP contribution in [0, 0.1) is 0 Å². The Kier molecular flexibility index (Phi) is 3.64. The lowest BCUT2D eigenvalue weighted by Crippen LogP contribution is -2.24. The Bertz CT molecular complexity index is 1340. The molecule has 2 aromatic heterocycles. The first-order valence-corrected chi connectivity index (χ1v) is 10.1. The molecule has 2 aromatic carbocycles. The predicted octanol–water partition coefficient (Wildman–Crippen LogP) is 5.98. The molecule has 1 unspecified atom stereocenters. The van der Waals surface area contributed by atoms with Crippen LogP contribution in [0.3, 0.4) is 0 Å². The first kappa shape index (κ1) is 17.4. The summed E-state index contributed by atoms with van der Waals surface area (Å²) in [7, 11) is 0. The van der Waals surface area contributed by atoms with E-state index in [9.17, 15) is 0 Å². The summed E-state index contributed by atoms with van der Waals surface area (Å²) < 4.78 is 12.9. The van der Waals surface area contributed by atoms with Gasteiger partial charge in [-0.3, -0.25) is 0 Å². The molecule has 0 radical (unpaired) electrons. The summed E-state index contributed by atoms with van der Waals surface area (Å²) >= 11 is 0. The Morgan fingerprint density at radius 1 is 0.929 bits per heavy atom. The number of fused-ring (bicyclic) bond motifs is 6. The van der Waals surface area contributed by atoms with Crippen molar-refractivity contribution in [2.75, 3.05) is 0 Å². The number of hydrogen-bond acceptors (Lipinski definition) is 2. The van der Waals surface area contributed by atoms with Crippen LogP contribution in [0.5, 0.6) is 0 Å². The van der Waals surface area contributed by atoms with Crippen molar-refractivity contribution < 1.29 is 8.83 Å². The molecule has 2 heterocycles. The zero-order valence-corrected chi connectivity index (χ0v) is 17.2. The molecule has 5 rings (SSSR count). The van der Waals surface area contributed by atoms with E-state index in [-0.39, 0.29) is 5.41 Å². The summed E-state index contributed by atoms with van der Waals surface area (Å²) in [5.41, 5.74) is 6.56. The highest BCUT2D eigenvalue weighted by Gasteiger charge is 2.27. The number of benzene rings is 2. The van der Waals surface area contributed by atoms with Crippen LogP contribution in [-0.2, 0) is 5.41 Å². The van der Waals surface area contributed by atoms with Crippen LogP contribution < -0.4 is 10.6 Å². The van der Waals surface area contributed by atoms with Crippen molar-refractivity contribution in [1.82, 2.24) is 0 Å². The molecule has 0 bridgehead atoms. The summed E-state index contributed by atoms with van der Waals surface area (Å²) in [6, 6.07) is 14.9. The third-order valence-electron chi connectivity index (χ3n) is 6.05. The Balaban J connectivity index is 1.94. The molecule has 142 valence electrons. The van der Waals surface area contributed by atoms with E-state index in [0.717, 1.165) is 34.3 Å². The van der Waals surface area contributed by atoms with Gasteiger partial charge in [-0.1, -0.05) is 70.2 Å². The highest BCUT2D eigenvalue weighted by Crippen LogP contribution is 2.41. The summed E-state index contributed by atoms with van der Waals surface area (Å²) in [6.07, 6.45) is 3.30. The number of rotatable bonds is 0. The van der Waals surface area contributed by atoms with Gasteiger partial charge in [0.05, 0.1) is 0 Å². The molecule has 0 fully saturated rings. The number of furan rings is 2. The van der Waals surface area contributed by atoms with E-state index < -0.39 is 0 Å². The second-order valence-corrected chi connectivity index (χ2v) is 9.08. The molecular weight excluding hydrogens is 344 g/mol. The third kappa shape index (κ3) is 2.40. The molecule has 0 spiro atoms. The number of para-hydroxylation sites is 2. The topological polar surface area (TPSA) is 26.3 Å². The average Bonchev–Trinajstić information content (AvgIpc) is 3.22. The van der Waals surface area contributed by atoms with Gasteiger partial charge in [0.2, 0.25) is 0 Å². The summed E-state index contributed by atoms with van der Waals surface area (Å²) in [4.78, 5) is 0. The Labute approximate surface area is 165 Å². The van der Waals surface area contributed by atoms with Crippen molar-refractivity contribution in [3.63, 3.8) is 0 Å². The fourth-order valence-corrected chi connectivity index (χ4v) is 4.56. The molecule has 28 heavy (non-hydrogen) atoms. The smallest absolute Gasteiger partial charge is 0.141 e. The SMILES string of the molecule is C/C1=c2/oc3ccccc3/c2=C/CC(C)c2c1oc1c(C(C)(C)C)cccc21. The second kappa shape index (κ2) is 5.88. The molecule has 4 aromatic rings. The van der Waals surface area contributed by atoms with Crippen molar-refractivity contribution in [3.8, 4) is 0 Å². The number of hydrogen-bond donors (Lipinski definition) is 0. The first-order chi connectivity index (χ1) is 13.4. The van der Waals surface area contributed by atoms with Gasteiger partial charge in [0.25, 0.3) is 0 Å². The minimum Gasteiger partial charge on any atom is -0.456 e. The van der Waals surface area contributed by atoms with Crippen molar-refractivity contribution in [2.24, 2.45) is 0 Å². The lowest BCUT2D eigenvalue weighted by atomic mass is 9.84. The Morgan fingerprint density at radius 3 is 2.46 bits per heavy atom. The van der Waals surface area contributed by atoms with Crippen molar-refractivity contribution >= 4 is 33.6 Å². The van der Waals surface area contributed by atoms with Gasteiger partial charge in [0.1, 0.15) is 22.3 Å². The van der Waals surface area contributed by atoms with Crippen molar-refractivity contribution in [3.05, 3.63) is 70.0 Å². The molecule has 0 saturated heterocycles. The van der Waals surface area contributed by atoms with Gasteiger partial charge in [0, 0.05) is 32.7 Å². The molecule has 1 aliphatic carbocycles. The monoisotopic (exact) mass is 370 g/mol. The van der Waals surface area contributed by atoms with Gasteiger partial charge in [0.15, 0.2) is 0 Å². The largest absolute Gasteiger partial charge is 0.456 e. The zero-order valence-electron chi connectivity index (χ0n) is 17.2. The molecule has 2 nitrogen and oxygen atoms in total. The van der Waals surface area contributed by atoms with Crippen LogP contribution in [0.2, 0.25) is 0 Å². The van der Waals surface area contributed by atoms with Crippen LogP contribution in [0.15, 0.2) is 51.3 Å². The van der Waals surface area contributed by atoms with E-state index in [4.69, 9.17) is 8.83 Å². The molecule has 0 aliphatic heterocycles. The third-order valence-corrected chi connectivity index (χ3v) is 6.05. The maximum absolute atomic E-state index is 6.61. The quantitative estimate of drug-likeness (QED) is 0.380. The van der Waals surface area contributed by atoms with Gasteiger partial charge in [-0.05, 0) is 30.7 Å². The van der Waals surface area contributed by atoms with Crippen LogP contribution >= 0.6 is 0 Å². The highest BCUT2D eigenvalue weighted by molar-refractivity contribution is 5.90. The van der Waals surface area contributed by atoms with Gasteiger partial charge < -0.3 is 8.83 Å². The normalized spacial score (nSPS) is 20.3. The minimum absolute atomic E-state index is 0.0277. The molecule has 0 amide bonds. The summed E-state index contributed by atoms with van der Waals surface area (Å²) in [6.45, 7) is 11.2. The fourth-order valence-electron chi connectivity index (χ4n) is 4.56. The van der Waals surface area contributed by atoms with Crippen molar-refractivity contribution in [1.29, 1.82) is 0 Å². The summed E-state index contributed by atoms with van der Waals surface area (Å²) in [5, 5.41) is 3.61. The average molecular weight is 370 g/mol. The summed E-state index contributed by atoms with van der Waals surface area (Å²) in [5.74, 6) is 1.36. The molecule has 0 N–H and O–H groups in total. The molecular formula is C26H26O2. The maximum Gasteiger partial charge on any atom is 0.141 e. The minimum atomic E-state index is 0.0277. The predicted molar refractivity (Wildman–Crippen MR) is 116 cm³/mol. The molecule has 1 aliphatic rings. The van der Waals surface area contributed by atoms with E-state index in [2.05, 4.69) is 71.0 Å².